The summed E-state index contributed by atoms with van der Waals surface area (Å²) in [5.41, 5.74) is -0.217. The molecular weight excluding hydrogens is 414 g/mol. The number of hydrogen-bond acceptors (Lipinski definition) is 4. The molecule has 1 amide bonds. The van der Waals surface area contributed by atoms with E-state index < -0.39 is 23.7 Å². The van der Waals surface area contributed by atoms with Crippen molar-refractivity contribution in [1.82, 2.24) is 0 Å². The maximum atomic E-state index is 13.5. The highest BCUT2D eigenvalue weighted by atomic mass is 35.5. The fourth-order valence-electron chi connectivity index (χ4n) is 4.21. The van der Waals surface area contributed by atoms with Crippen LogP contribution >= 0.6 is 11.6 Å². The van der Waals surface area contributed by atoms with Crippen molar-refractivity contribution in [3.8, 4) is 0 Å². The number of anilines is 1. The summed E-state index contributed by atoms with van der Waals surface area (Å²) < 4.78 is 5.16. The van der Waals surface area contributed by atoms with Crippen LogP contribution in [0.25, 0.3) is 10.8 Å². The van der Waals surface area contributed by atoms with Gasteiger partial charge < -0.3 is 14.4 Å². The van der Waals surface area contributed by atoms with Gasteiger partial charge in [-0.25, -0.2) is 0 Å². The predicted molar refractivity (Wildman–Crippen MR) is 118 cm³/mol. The van der Waals surface area contributed by atoms with Crippen molar-refractivity contribution in [1.29, 1.82) is 0 Å². The van der Waals surface area contributed by atoms with Crippen LogP contribution in [0.4, 0.5) is 5.69 Å². The Morgan fingerprint density at radius 1 is 1.03 bits per heavy atom. The van der Waals surface area contributed by atoms with Gasteiger partial charge in [0, 0.05) is 10.6 Å². The summed E-state index contributed by atoms with van der Waals surface area (Å²) in [7, 11) is 0. The lowest BCUT2D eigenvalue weighted by molar-refractivity contribution is -0.136. The molecule has 1 aromatic heterocycles. The van der Waals surface area contributed by atoms with E-state index in [2.05, 4.69) is 0 Å². The van der Waals surface area contributed by atoms with E-state index in [9.17, 15) is 14.7 Å². The van der Waals surface area contributed by atoms with Crippen LogP contribution in [0.15, 0.2) is 83.5 Å². The number of hydrogen-bond donors (Lipinski definition) is 1. The van der Waals surface area contributed by atoms with Crippen LogP contribution in [0.2, 0.25) is 5.02 Å². The number of nitrogens with zero attached hydrogens (tertiary/aromatic N) is 1. The third kappa shape index (κ3) is 3.23. The number of furan rings is 1. The van der Waals surface area contributed by atoms with Crippen LogP contribution in [0.3, 0.4) is 0 Å². The minimum Gasteiger partial charge on any atom is -0.461 e. The van der Waals surface area contributed by atoms with E-state index in [1.54, 1.807) is 24.3 Å². The first-order chi connectivity index (χ1) is 15.0. The monoisotopic (exact) mass is 431 g/mol. The van der Waals surface area contributed by atoms with E-state index in [1.165, 1.54) is 17.2 Å². The lowest BCUT2D eigenvalue weighted by Gasteiger charge is -2.23. The Balaban J connectivity index is 1.56. The zero-order valence-corrected chi connectivity index (χ0v) is 17.2. The van der Waals surface area contributed by atoms with Crippen molar-refractivity contribution in [2.75, 3.05) is 4.90 Å². The van der Waals surface area contributed by atoms with E-state index in [0.29, 0.717) is 16.3 Å². The van der Waals surface area contributed by atoms with Crippen molar-refractivity contribution in [3.63, 3.8) is 0 Å². The van der Waals surface area contributed by atoms with Crippen LogP contribution in [-0.4, -0.2) is 16.8 Å². The van der Waals surface area contributed by atoms with Gasteiger partial charge in [0.05, 0.1) is 24.9 Å². The largest absolute Gasteiger partial charge is 0.461 e. The molecule has 1 aliphatic heterocycles. The molecule has 0 unspecified atom stereocenters. The Hall–Kier alpha value is -3.41. The highest BCUT2D eigenvalue weighted by Gasteiger charge is 2.51. The standard InChI is InChI=1S/C25H18ClNO4/c26-18-10-11-21-20(13-18)25(30,14-22(28)23-9-4-12-31-23)24(29)27(21)15-17-7-3-6-16-5-1-2-8-19(16)17/h1-13,30H,14-15H2/t25-/m1/s1. The normalized spacial score (nSPS) is 17.9. The second-order valence-corrected chi connectivity index (χ2v) is 8.07. The summed E-state index contributed by atoms with van der Waals surface area (Å²) in [4.78, 5) is 27.7. The van der Waals surface area contributed by atoms with Gasteiger partial charge in [0.15, 0.2) is 11.4 Å². The number of amides is 1. The zero-order valence-electron chi connectivity index (χ0n) is 16.4. The second-order valence-electron chi connectivity index (χ2n) is 7.63. The quantitative estimate of drug-likeness (QED) is 0.446. The van der Waals surface area contributed by atoms with Crippen molar-refractivity contribution in [2.24, 2.45) is 0 Å². The molecule has 2 heterocycles. The SMILES string of the molecule is O=C(C[C@]1(O)C(=O)N(Cc2cccc3ccccc23)c2ccc(Cl)cc21)c1ccco1. The van der Waals surface area contributed by atoms with Gasteiger partial charge in [-0.1, -0.05) is 54.1 Å². The molecule has 5 nitrogen and oxygen atoms in total. The fourth-order valence-corrected chi connectivity index (χ4v) is 4.38. The van der Waals surface area contributed by atoms with Gasteiger partial charge in [0.2, 0.25) is 5.78 Å². The maximum absolute atomic E-state index is 13.5. The number of benzene rings is 3. The Morgan fingerprint density at radius 3 is 2.65 bits per heavy atom. The van der Waals surface area contributed by atoms with Crippen molar-refractivity contribution in [3.05, 3.63) is 101 Å². The van der Waals surface area contributed by atoms with Gasteiger partial charge in [-0.3, -0.25) is 9.59 Å². The summed E-state index contributed by atoms with van der Waals surface area (Å²) in [6, 6.07) is 21.8. The smallest absolute Gasteiger partial charge is 0.264 e. The van der Waals surface area contributed by atoms with Gasteiger partial charge in [0.25, 0.3) is 5.91 Å². The third-order valence-corrected chi connectivity index (χ3v) is 5.95. The van der Waals surface area contributed by atoms with Gasteiger partial charge in [-0.2, -0.15) is 0 Å². The van der Waals surface area contributed by atoms with Crippen LogP contribution in [0.5, 0.6) is 0 Å². The lowest BCUT2D eigenvalue weighted by atomic mass is 9.89. The third-order valence-electron chi connectivity index (χ3n) is 5.71. The van der Waals surface area contributed by atoms with Gasteiger partial charge in [-0.15, -0.1) is 0 Å². The molecule has 0 saturated carbocycles. The number of carbonyl (C=O) groups excluding carboxylic acids is 2. The molecule has 1 N–H and O–H groups in total. The highest BCUT2D eigenvalue weighted by Crippen LogP contribution is 2.45. The first kappa shape index (κ1) is 19.5. The Morgan fingerprint density at radius 2 is 1.84 bits per heavy atom. The summed E-state index contributed by atoms with van der Waals surface area (Å²) >= 11 is 6.18. The molecule has 4 aromatic rings. The molecular formula is C25H18ClNO4. The molecule has 1 atom stereocenters. The summed E-state index contributed by atoms with van der Waals surface area (Å²) in [6.07, 6.45) is 0.949. The van der Waals surface area contributed by atoms with E-state index in [4.69, 9.17) is 16.0 Å². The molecule has 0 spiro atoms. The molecule has 5 rings (SSSR count). The zero-order chi connectivity index (χ0) is 21.6. The number of ketones is 1. The fraction of sp³-hybridized carbons (Fsp3) is 0.120. The molecule has 154 valence electrons. The van der Waals surface area contributed by atoms with E-state index >= 15 is 0 Å². The average molecular weight is 432 g/mol. The second kappa shape index (κ2) is 7.38. The Bertz CT molecular complexity index is 1310. The number of halogens is 1. The van der Waals surface area contributed by atoms with E-state index in [0.717, 1.165) is 16.3 Å². The predicted octanol–water partition coefficient (Wildman–Crippen LogP) is 5.09. The Kier molecular flexibility index (Phi) is 4.65. The van der Waals surface area contributed by atoms with Crippen molar-refractivity contribution >= 4 is 39.8 Å². The van der Waals surface area contributed by atoms with Gasteiger partial charge >= 0.3 is 0 Å². The van der Waals surface area contributed by atoms with Crippen molar-refractivity contribution < 1.29 is 19.1 Å². The number of Topliss-reactive ketones (excluding diaryl/α,β-unsaturated/α-hetero) is 1. The summed E-state index contributed by atoms with van der Waals surface area (Å²) in [6.45, 7) is 0.256. The van der Waals surface area contributed by atoms with Crippen molar-refractivity contribution in [2.45, 2.75) is 18.6 Å². The molecule has 3 aromatic carbocycles. The highest BCUT2D eigenvalue weighted by molar-refractivity contribution is 6.31. The molecule has 1 aliphatic rings. The average Bonchev–Trinajstić information content (AvgIpc) is 3.37. The summed E-state index contributed by atoms with van der Waals surface area (Å²) in [5.74, 6) is -0.923. The topological polar surface area (TPSA) is 70.8 Å². The minimum atomic E-state index is -2.02. The van der Waals surface area contributed by atoms with Crippen LogP contribution in [-0.2, 0) is 16.9 Å². The lowest BCUT2D eigenvalue weighted by Crippen LogP contribution is -2.41. The van der Waals surface area contributed by atoms with Crippen LogP contribution < -0.4 is 4.90 Å². The number of fused-ring (bicyclic) bond motifs is 2. The first-order valence-electron chi connectivity index (χ1n) is 9.85. The molecule has 0 bridgehead atoms. The summed E-state index contributed by atoms with van der Waals surface area (Å²) in [5, 5.41) is 13.9. The molecule has 0 fully saturated rings. The first-order valence-corrected chi connectivity index (χ1v) is 10.2. The molecule has 6 heteroatoms. The number of carbonyl (C=O) groups is 2. The number of aliphatic hydroxyl groups is 1. The van der Waals surface area contributed by atoms with Gasteiger partial charge in [0.1, 0.15) is 0 Å². The van der Waals surface area contributed by atoms with E-state index in [-0.39, 0.29) is 12.3 Å². The molecule has 0 saturated heterocycles. The maximum Gasteiger partial charge on any atom is 0.264 e. The minimum absolute atomic E-state index is 0.0947. The Labute approximate surface area is 183 Å². The number of rotatable bonds is 5. The van der Waals surface area contributed by atoms with E-state index in [1.807, 2.05) is 42.5 Å². The molecule has 31 heavy (non-hydrogen) atoms. The van der Waals surface area contributed by atoms with Crippen LogP contribution in [0, 0.1) is 0 Å². The molecule has 0 radical (unpaired) electrons. The molecule has 0 aliphatic carbocycles. The van der Waals surface area contributed by atoms with Crippen LogP contribution in [0.1, 0.15) is 28.1 Å². The van der Waals surface area contributed by atoms with Gasteiger partial charge in [-0.05, 0) is 46.7 Å².